The van der Waals surface area contributed by atoms with Crippen LogP contribution in [0.25, 0.3) is 0 Å². The Bertz CT molecular complexity index is 643. The highest BCUT2D eigenvalue weighted by Gasteiger charge is 2.20. The normalized spacial score (nSPS) is 12.5. The third-order valence-corrected chi connectivity index (χ3v) is 4.67. The van der Waals surface area contributed by atoms with Crippen LogP contribution in [0.5, 0.6) is 0 Å². The lowest BCUT2D eigenvalue weighted by molar-refractivity contribution is 0.608. The van der Waals surface area contributed by atoms with Crippen LogP contribution in [-0.4, -0.2) is 7.05 Å². The van der Waals surface area contributed by atoms with E-state index < -0.39 is 0 Å². The van der Waals surface area contributed by atoms with Gasteiger partial charge < -0.3 is 5.32 Å². The topological polar surface area (TPSA) is 12.0 Å². The van der Waals surface area contributed by atoms with Gasteiger partial charge in [-0.3, -0.25) is 0 Å². The van der Waals surface area contributed by atoms with E-state index in [4.69, 9.17) is 11.6 Å². The van der Waals surface area contributed by atoms with Gasteiger partial charge in [0.15, 0.2) is 0 Å². The Morgan fingerprint density at radius 2 is 1.80 bits per heavy atom. The van der Waals surface area contributed by atoms with E-state index in [1.165, 1.54) is 6.07 Å². The third kappa shape index (κ3) is 2.90. The zero-order valence-electron chi connectivity index (χ0n) is 11.6. The van der Waals surface area contributed by atoms with Crippen molar-refractivity contribution in [3.63, 3.8) is 0 Å². The molecule has 1 unspecified atom stereocenters. The Labute approximate surface area is 132 Å². The maximum absolute atomic E-state index is 13.7. The molecule has 0 radical (unpaired) electrons. The first-order valence-corrected chi connectivity index (χ1v) is 7.50. The summed E-state index contributed by atoms with van der Waals surface area (Å²) in [6.07, 6.45) is 0. The van der Waals surface area contributed by atoms with Crippen LogP contribution in [0.4, 0.5) is 4.39 Å². The number of benzene rings is 2. The molecule has 2 aromatic rings. The van der Waals surface area contributed by atoms with Crippen molar-refractivity contribution in [2.75, 3.05) is 7.05 Å². The summed E-state index contributed by atoms with van der Waals surface area (Å²) in [6.45, 7) is 4.07. The average Bonchev–Trinajstić information content (AvgIpc) is 2.41. The van der Waals surface area contributed by atoms with Crippen molar-refractivity contribution in [1.29, 1.82) is 0 Å². The maximum atomic E-state index is 13.7. The molecular weight excluding hydrogens is 341 g/mol. The van der Waals surface area contributed by atoms with Gasteiger partial charge in [-0.1, -0.05) is 29.8 Å². The van der Waals surface area contributed by atoms with E-state index in [1.807, 2.05) is 33.0 Å². The molecule has 0 aromatic heterocycles. The number of rotatable bonds is 3. The highest BCUT2D eigenvalue weighted by atomic mass is 79.9. The molecule has 4 heteroatoms. The number of hydrogen-bond acceptors (Lipinski definition) is 1. The van der Waals surface area contributed by atoms with E-state index in [0.717, 1.165) is 22.3 Å². The van der Waals surface area contributed by atoms with Gasteiger partial charge in [0.05, 0.1) is 10.5 Å². The van der Waals surface area contributed by atoms with Crippen molar-refractivity contribution in [3.8, 4) is 0 Å². The second-order valence-electron chi connectivity index (χ2n) is 4.82. The molecule has 106 valence electrons. The van der Waals surface area contributed by atoms with Gasteiger partial charge in [-0.05, 0) is 71.2 Å². The Morgan fingerprint density at radius 1 is 1.15 bits per heavy atom. The quantitative estimate of drug-likeness (QED) is 0.800. The fourth-order valence-electron chi connectivity index (χ4n) is 2.25. The first-order valence-electron chi connectivity index (χ1n) is 6.33. The van der Waals surface area contributed by atoms with E-state index in [0.29, 0.717) is 9.50 Å². The van der Waals surface area contributed by atoms with Crippen molar-refractivity contribution >= 4 is 27.5 Å². The number of aryl methyl sites for hydroxylation is 2. The highest BCUT2D eigenvalue weighted by molar-refractivity contribution is 9.10. The lowest BCUT2D eigenvalue weighted by Gasteiger charge is -2.21. The fourth-order valence-corrected chi connectivity index (χ4v) is 3.07. The van der Waals surface area contributed by atoms with Gasteiger partial charge in [0.1, 0.15) is 5.82 Å². The maximum Gasteiger partial charge on any atom is 0.137 e. The number of hydrogen-bond donors (Lipinski definition) is 1. The molecule has 2 aromatic carbocycles. The van der Waals surface area contributed by atoms with Crippen LogP contribution in [-0.2, 0) is 0 Å². The minimum absolute atomic E-state index is 0.160. The predicted molar refractivity (Wildman–Crippen MR) is 85.9 cm³/mol. The van der Waals surface area contributed by atoms with Gasteiger partial charge in [-0.15, -0.1) is 0 Å². The largest absolute Gasteiger partial charge is 0.309 e. The van der Waals surface area contributed by atoms with Crippen molar-refractivity contribution < 1.29 is 4.39 Å². The van der Waals surface area contributed by atoms with E-state index in [-0.39, 0.29) is 11.9 Å². The van der Waals surface area contributed by atoms with Crippen LogP contribution in [0.15, 0.2) is 34.8 Å². The molecule has 0 aliphatic carbocycles. The second-order valence-corrected chi connectivity index (χ2v) is 6.02. The number of nitrogens with one attached hydrogen (secondary N) is 1. The average molecular weight is 357 g/mol. The molecule has 0 bridgehead atoms. The SMILES string of the molecule is CNC(c1cc(C)c(C)cc1Cl)c1cccc(F)c1Br. The third-order valence-electron chi connectivity index (χ3n) is 3.51. The summed E-state index contributed by atoms with van der Waals surface area (Å²) in [5, 5.41) is 3.89. The zero-order valence-corrected chi connectivity index (χ0v) is 13.9. The monoisotopic (exact) mass is 355 g/mol. The van der Waals surface area contributed by atoms with Crippen molar-refractivity contribution in [2.45, 2.75) is 19.9 Å². The molecule has 0 heterocycles. The van der Waals surface area contributed by atoms with E-state index in [2.05, 4.69) is 27.3 Å². The standard InChI is InChI=1S/C16H16BrClFN/c1-9-7-12(13(18)8-10(9)2)16(20-3)11-5-4-6-14(19)15(11)17/h4-8,16,20H,1-3H3. The van der Waals surface area contributed by atoms with Crippen molar-refractivity contribution in [3.05, 3.63) is 67.9 Å². The van der Waals surface area contributed by atoms with Gasteiger partial charge in [0.2, 0.25) is 0 Å². The molecule has 20 heavy (non-hydrogen) atoms. The van der Waals surface area contributed by atoms with Crippen LogP contribution in [0.1, 0.15) is 28.3 Å². The Balaban J connectivity index is 2.58. The molecule has 0 aliphatic rings. The minimum Gasteiger partial charge on any atom is -0.309 e. The molecule has 0 fully saturated rings. The molecular formula is C16H16BrClFN. The Morgan fingerprint density at radius 3 is 2.45 bits per heavy atom. The molecule has 1 nitrogen and oxygen atoms in total. The molecule has 0 saturated carbocycles. The number of halogens is 3. The minimum atomic E-state index is -0.275. The van der Waals surface area contributed by atoms with Crippen molar-refractivity contribution in [2.24, 2.45) is 0 Å². The lowest BCUT2D eigenvalue weighted by Crippen LogP contribution is -2.19. The van der Waals surface area contributed by atoms with Crippen molar-refractivity contribution in [1.82, 2.24) is 5.32 Å². The van der Waals surface area contributed by atoms with Crippen LogP contribution >= 0.6 is 27.5 Å². The molecule has 0 saturated heterocycles. The first-order chi connectivity index (χ1) is 9.45. The molecule has 0 spiro atoms. The molecule has 0 amide bonds. The smallest absolute Gasteiger partial charge is 0.137 e. The summed E-state index contributed by atoms with van der Waals surface area (Å²) in [6, 6.07) is 8.86. The summed E-state index contributed by atoms with van der Waals surface area (Å²) in [5.41, 5.74) is 4.09. The zero-order chi connectivity index (χ0) is 14.9. The van der Waals surface area contributed by atoms with Crippen LogP contribution in [0.2, 0.25) is 5.02 Å². The second kappa shape index (κ2) is 6.25. The van der Waals surface area contributed by atoms with E-state index in [1.54, 1.807) is 6.07 Å². The lowest BCUT2D eigenvalue weighted by atomic mass is 9.95. The summed E-state index contributed by atoms with van der Waals surface area (Å²) in [4.78, 5) is 0. The van der Waals surface area contributed by atoms with Crippen LogP contribution < -0.4 is 5.32 Å². The van der Waals surface area contributed by atoms with Gasteiger partial charge in [-0.25, -0.2) is 4.39 Å². The van der Waals surface area contributed by atoms with Crippen LogP contribution in [0.3, 0.4) is 0 Å². The van der Waals surface area contributed by atoms with Gasteiger partial charge in [0.25, 0.3) is 0 Å². The fraction of sp³-hybridized carbons (Fsp3) is 0.250. The summed E-state index contributed by atoms with van der Waals surface area (Å²) >= 11 is 9.69. The van der Waals surface area contributed by atoms with Gasteiger partial charge in [0, 0.05) is 5.02 Å². The van der Waals surface area contributed by atoms with Gasteiger partial charge in [-0.2, -0.15) is 0 Å². The molecule has 0 aliphatic heterocycles. The van der Waals surface area contributed by atoms with E-state index in [9.17, 15) is 4.39 Å². The summed E-state index contributed by atoms with van der Waals surface area (Å²) in [5.74, 6) is -0.275. The highest BCUT2D eigenvalue weighted by Crippen LogP contribution is 2.34. The summed E-state index contributed by atoms with van der Waals surface area (Å²) < 4.78 is 14.2. The Hall–Kier alpha value is -0.900. The molecule has 2 rings (SSSR count). The van der Waals surface area contributed by atoms with Crippen LogP contribution in [0, 0.1) is 19.7 Å². The predicted octanol–water partition coefficient (Wildman–Crippen LogP) is 5.17. The molecule has 1 N–H and O–H groups in total. The molecule has 1 atom stereocenters. The summed E-state index contributed by atoms with van der Waals surface area (Å²) in [7, 11) is 1.84. The van der Waals surface area contributed by atoms with Gasteiger partial charge >= 0.3 is 0 Å². The first kappa shape index (κ1) is 15.5. The Kier molecular flexibility index (Phi) is 4.84. The van der Waals surface area contributed by atoms with E-state index >= 15 is 0 Å².